The molecule has 9 nitrogen and oxygen atoms in total. The predicted molar refractivity (Wildman–Crippen MR) is 138 cm³/mol. The van der Waals surface area contributed by atoms with Gasteiger partial charge in [-0.2, -0.15) is 5.10 Å². The second-order valence-electron chi connectivity index (χ2n) is 10.0. The number of hydrogen-bond donors (Lipinski definition) is 0. The van der Waals surface area contributed by atoms with Gasteiger partial charge >= 0.3 is 0 Å². The predicted octanol–water partition coefficient (Wildman–Crippen LogP) is 3.83. The van der Waals surface area contributed by atoms with Crippen molar-refractivity contribution in [3.05, 3.63) is 70.9 Å². The van der Waals surface area contributed by atoms with E-state index < -0.39 is 0 Å². The number of nitrogens with zero attached hydrogens (tertiary/aromatic N) is 5. The number of carbonyl (C=O) groups excluding carboxylic acids is 3. The Balaban J connectivity index is 1.32. The van der Waals surface area contributed by atoms with Gasteiger partial charge in [0.2, 0.25) is 5.91 Å². The Bertz CT molecular complexity index is 1330. The number of furan rings is 1. The van der Waals surface area contributed by atoms with E-state index in [1.54, 1.807) is 24.3 Å². The van der Waals surface area contributed by atoms with Crippen LogP contribution in [0.5, 0.6) is 0 Å². The van der Waals surface area contributed by atoms with Gasteiger partial charge in [-0.25, -0.2) is 0 Å². The first-order chi connectivity index (χ1) is 17.8. The Hall–Kier alpha value is -3.88. The fraction of sp³-hybridized carbons (Fsp3) is 0.429. The third-order valence-corrected chi connectivity index (χ3v) is 7.61. The van der Waals surface area contributed by atoms with Crippen LogP contribution in [-0.2, 0) is 11.3 Å². The molecule has 4 heterocycles. The van der Waals surface area contributed by atoms with Crippen LogP contribution in [0.15, 0.2) is 47.1 Å². The number of aromatic nitrogens is 2. The summed E-state index contributed by atoms with van der Waals surface area (Å²) in [6.07, 6.45) is 3.22. The van der Waals surface area contributed by atoms with Gasteiger partial charge in [0.05, 0.1) is 47.3 Å². The Kier molecular flexibility index (Phi) is 6.62. The maximum atomic E-state index is 13.5. The number of carbonyl (C=O) groups is 3. The number of piperidine rings is 1. The summed E-state index contributed by atoms with van der Waals surface area (Å²) in [4.78, 5) is 45.2. The van der Waals surface area contributed by atoms with Gasteiger partial charge in [-0.15, -0.1) is 0 Å². The van der Waals surface area contributed by atoms with E-state index in [1.807, 2.05) is 55.8 Å². The van der Waals surface area contributed by atoms with E-state index in [0.29, 0.717) is 24.2 Å². The van der Waals surface area contributed by atoms with Gasteiger partial charge in [0.25, 0.3) is 11.8 Å². The van der Waals surface area contributed by atoms with Crippen LogP contribution in [0.4, 0.5) is 5.69 Å². The van der Waals surface area contributed by atoms with E-state index in [1.165, 1.54) is 4.90 Å². The Morgan fingerprint density at radius 3 is 2.68 bits per heavy atom. The molecule has 0 radical (unpaired) electrons. The summed E-state index contributed by atoms with van der Waals surface area (Å²) in [5.74, 6) is 0.0275. The highest BCUT2D eigenvalue weighted by molar-refractivity contribution is 6.23. The average molecular weight is 504 g/mol. The fourth-order valence-electron chi connectivity index (χ4n) is 5.47. The van der Waals surface area contributed by atoms with Crippen LogP contribution in [0, 0.1) is 19.8 Å². The van der Waals surface area contributed by atoms with E-state index >= 15 is 0 Å². The van der Waals surface area contributed by atoms with E-state index in [9.17, 15) is 14.4 Å². The summed E-state index contributed by atoms with van der Waals surface area (Å²) in [7, 11) is 1.80. The second-order valence-corrected chi connectivity index (χ2v) is 10.0. The lowest BCUT2D eigenvalue weighted by Crippen LogP contribution is -2.44. The lowest BCUT2D eigenvalue weighted by Gasteiger charge is -2.37. The van der Waals surface area contributed by atoms with Crippen LogP contribution in [0.25, 0.3) is 0 Å². The van der Waals surface area contributed by atoms with Crippen LogP contribution < -0.4 is 4.90 Å². The Labute approximate surface area is 216 Å². The van der Waals surface area contributed by atoms with Crippen molar-refractivity contribution < 1.29 is 18.8 Å². The summed E-state index contributed by atoms with van der Waals surface area (Å²) >= 11 is 0. The summed E-state index contributed by atoms with van der Waals surface area (Å²) in [5.41, 5.74) is 3.48. The molecule has 1 saturated heterocycles. The topological polar surface area (TPSA) is 91.9 Å². The van der Waals surface area contributed by atoms with Crippen LogP contribution in [0.3, 0.4) is 0 Å². The molecular weight excluding hydrogens is 470 g/mol. The molecule has 0 aliphatic carbocycles. The summed E-state index contributed by atoms with van der Waals surface area (Å²) in [5, 5.41) is 4.45. The number of amides is 3. The van der Waals surface area contributed by atoms with Crippen LogP contribution in [-0.4, -0.2) is 64.0 Å². The molecule has 0 spiro atoms. The zero-order chi connectivity index (χ0) is 26.3. The first-order valence-corrected chi connectivity index (χ1v) is 12.8. The molecule has 0 N–H and O–H groups in total. The number of imide groups is 1. The molecular formula is C28H33N5O4. The molecule has 2 aliphatic rings. The molecule has 2 aliphatic heterocycles. The maximum absolute atomic E-state index is 13.5. The lowest BCUT2D eigenvalue weighted by atomic mass is 9.94. The van der Waals surface area contributed by atoms with Gasteiger partial charge < -0.3 is 14.2 Å². The monoisotopic (exact) mass is 503 g/mol. The fourth-order valence-corrected chi connectivity index (χ4v) is 5.47. The van der Waals surface area contributed by atoms with Crippen molar-refractivity contribution in [3.63, 3.8) is 0 Å². The van der Waals surface area contributed by atoms with Crippen LogP contribution in [0.1, 0.15) is 63.7 Å². The quantitative estimate of drug-likeness (QED) is 0.455. The third kappa shape index (κ3) is 4.54. The van der Waals surface area contributed by atoms with Crippen molar-refractivity contribution in [1.82, 2.24) is 19.6 Å². The van der Waals surface area contributed by atoms with Gasteiger partial charge in [0, 0.05) is 32.4 Å². The molecule has 2 unspecified atom stereocenters. The molecule has 37 heavy (non-hydrogen) atoms. The first-order valence-electron chi connectivity index (χ1n) is 12.8. The van der Waals surface area contributed by atoms with Gasteiger partial charge in [-0.3, -0.25) is 24.0 Å². The van der Waals surface area contributed by atoms with Crippen molar-refractivity contribution in [2.24, 2.45) is 5.92 Å². The van der Waals surface area contributed by atoms with E-state index in [0.717, 1.165) is 42.2 Å². The highest BCUT2D eigenvalue weighted by Crippen LogP contribution is 2.35. The Morgan fingerprint density at radius 1 is 1.16 bits per heavy atom. The van der Waals surface area contributed by atoms with Gasteiger partial charge in [-0.05, 0) is 63.9 Å². The average Bonchev–Trinajstić information content (AvgIpc) is 3.61. The standard InChI is InChI=1S/C28H33N5O4/c1-18-16-19(2)33(29-18)14-13-32-27(35)22-9-5-10-23(25(22)28(32)36)31-12-6-8-21(17-31)26(34)30(4)20(3)24-11-7-15-37-24/h5,7,9-11,15-16,20-21H,6,8,12-14,17H2,1-4H3. The highest BCUT2D eigenvalue weighted by atomic mass is 16.3. The third-order valence-electron chi connectivity index (χ3n) is 7.61. The molecule has 194 valence electrons. The molecule has 3 aromatic rings. The second kappa shape index (κ2) is 9.88. The minimum Gasteiger partial charge on any atom is -0.467 e. The van der Waals surface area contributed by atoms with Crippen molar-refractivity contribution in [2.45, 2.75) is 46.2 Å². The lowest BCUT2D eigenvalue weighted by molar-refractivity contribution is -0.136. The molecule has 9 heteroatoms. The normalized spacial score (nSPS) is 18.3. The number of anilines is 1. The van der Waals surface area contributed by atoms with Crippen molar-refractivity contribution in [1.29, 1.82) is 0 Å². The zero-order valence-corrected chi connectivity index (χ0v) is 21.8. The maximum Gasteiger partial charge on any atom is 0.263 e. The zero-order valence-electron chi connectivity index (χ0n) is 21.8. The van der Waals surface area contributed by atoms with Gasteiger partial charge in [0.1, 0.15) is 5.76 Å². The van der Waals surface area contributed by atoms with Crippen molar-refractivity contribution in [2.75, 3.05) is 31.6 Å². The Morgan fingerprint density at radius 2 is 1.97 bits per heavy atom. The number of aryl methyl sites for hydroxylation is 2. The highest BCUT2D eigenvalue weighted by Gasteiger charge is 2.39. The number of fused-ring (bicyclic) bond motifs is 1. The minimum atomic E-state index is -0.283. The van der Waals surface area contributed by atoms with Crippen molar-refractivity contribution in [3.8, 4) is 0 Å². The molecule has 2 atom stereocenters. The van der Waals surface area contributed by atoms with Gasteiger partial charge in [0.15, 0.2) is 0 Å². The number of hydrogen-bond acceptors (Lipinski definition) is 6. The van der Waals surface area contributed by atoms with E-state index in [4.69, 9.17) is 4.42 Å². The van der Waals surface area contributed by atoms with Gasteiger partial charge in [-0.1, -0.05) is 6.07 Å². The minimum absolute atomic E-state index is 0.0510. The van der Waals surface area contributed by atoms with Crippen molar-refractivity contribution >= 4 is 23.4 Å². The summed E-state index contributed by atoms with van der Waals surface area (Å²) in [6, 6.07) is 10.9. The van der Waals surface area contributed by atoms with Crippen LogP contribution in [0.2, 0.25) is 0 Å². The molecule has 5 rings (SSSR count). The smallest absolute Gasteiger partial charge is 0.263 e. The van der Waals surface area contributed by atoms with Crippen LogP contribution >= 0.6 is 0 Å². The number of rotatable bonds is 7. The van der Waals surface area contributed by atoms with E-state index in [-0.39, 0.29) is 36.2 Å². The molecule has 0 bridgehead atoms. The molecule has 3 amide bonds. The number of benzene rings is 1. The summed E-state index contributed by atoms with van der Waals surface area (Å²) in [6.45, 7) is 7.76. The molecule has 0 saturated carbocycles. The molecule has 1 aromatic carbocycles. The first kappa shape index (κ1) is 24.8. The molecule has 1 fully saturated rings. The summed E-state index contributed by atoms with van der Waals surface area (Å²) < 4.78 is 7.32. The molecule has 2 aromatic heterocycles. The van der Waals surface area contributed by atoms with E-state index in [2.05, 4.69) is 10.00 Å². The SMILES string of the molecule is Cc1cc(C)n(CCN2C(=O)c3cccc(N4CCCC(C(=O)N(C)C(C)c5ccco5)C4)c3C2=O)n1. The largest absolute Gasteiger partial charge is 0.467 e.